The van der Waals surface area contributed by atoms with Crippen LogP contribution < -0.4 is 15.7 Å². The first-order valence-corrected chi connectivity index (χ1v) is 24.0. The third kappa shape index (κ3) is 13.5. The second-order valence-electron chi connectivity index (χ2n) is 17.0. The van der Waals surface area contributed by atoms with Crippen LogP contribution >= 0.6 is 0 Å². The molecule has 64 heavy (non-hydrogen) atoms. The van der Waals surface area contributed by atoms with Crippen LogP contribution in [0.15, 0.2) is 195 Å². The molecule has 0 aliphatic heterocycles. The van der Waals surface area contributed by atoms with Gasteiger partial charge in [-0.2, -0.15) is 0 Å². The predicted octanol–water partition coefficient (Wildman–Crippen LogP) is 8.96. The summed E-state index contributed by atoms with van der Waals surface area (Å²) in [6.07, 6.45) is -2.38. The van der Waals surface area contributed by atoms with E-state index in [1.54, 1.807) is 6.08 Å². The van der Waals surface area contributed by atoms with E-state index in [0.717, 1.165) is 32.6 Å². The van der Waals surface area contributed by atoms with E-state index in [1.807, 2.05) is 158 Å². The van der Waals surface area contributed by atoms with Gasteiger partial charge in [-0.15, -0.1) is 6.58 Å². The Labute approximate surface area is 381 Å². The van der Waals surface area contributed by atoms with Gasteiger partial charge in [0.15, 0.2) is 0 Å². The quantitative estimate of drug-likeness (QED) is 0.0335. The maximum absolute atomic E-state index is 13.9. The molecule has 0 unspecified atom stereocenters. The van der Waals surface area contributed by atoms with Crippen LogP contribution in [0, 0.1) is 0 Å². The van der Waals surface area contributed by atoms with E-state index in [-0.39, 0.29) is 44.5 Å². The molecular formula is C55H63NO7Si. The predicted molar refractivity (Wildman–Crippen MR) is 257 cm³/mol. The molecule has 5 atom stereocenters. The highest BCUT2D eigenvalue weighted by Gasteiger charge is 2.51. The number of benzene rings is 6. The number of carbonyl (C=O) groups is 1. The Bertz CT molecular complexity index is 2190. The van der Waals surface area contributed by atoms with E-state index >= 15 is 0 Å². The van der Waals surface area contributed by atoms with Crippen molar-refractivity contribution in [3.63, 3.8) is 0 Å². The average molecular weight is 878 g/mol. The maximum Gasteiger partial charge on any atom is 0.307 e. The molecule has 0 fully saturated rings. The van der Waals surface area contributed by atoms with Gasteiger partial charge in [-0.1, -0.05) is 209 Å². The highest BCUT2D eigenvalue weighted by Crippen LogP contribution is 2.37. The number of aliphatic hydroxyl groups is 1. The molecule has 0 heterocycles. The third-order valence-electron chi connectivity index (χ3n) is 11.3. The highest BCUT2D eigenvalue weighted by atomic mass is 28.4. The molecule has 0 aliphatic carbocycles. The van der Waals surface area contributed by atoms with Crippen molar-refractivity contribution in [2.24, 2.45) is 0 Å². The SMILES string of the molecule is C=CCN[C@H](CC(=O)OCc1ccccc1)[C@H](OCc1ccccc1)[C@@H](OCc1ccccc1)[C@H](OCc1ccccc1)[C@H](O)CO[Si](c1ccccc1)(c1ccccc1)C(C)(C)C. The van der Waals surface area contributed by atoms with Crippen molar-refractivity contribution in [2.75, 3.05) is 13.2 Å². The minimum atomic E-state index is -3.11. The van der Waals surface area contributed by atoms with Crippen molar-refractivity contribution in [3.8, 4) is 0 Å². The Morgan fingerprint density at radius 2 is 0.953 bits per heavy atom. The van der Waals surface area contributed by atoms with E-state index in [0.29, 0.717) is 6.54 Å². The largest absolute Gasteiger partial charge is 0.461 e. The molecule has 0 saturated heterocycles. The molecular weight excluding hydrogens is 815 g/mol. The molecule has 0 amide bonds. The first kappa shape index (κ1) is 48.0. The van der Waals surface area contributed by atoms with E-state index in [1.165, 1.54) is 0 Å². The second-order valence-corrected chi connectivity index (χ2v) is 21.3. The number of rotatable bonds is 25. The molecule has 0 aromatic heterocycles. The molecule has 0 spiro atoms. The van der Waals surface area contributed by atoms with Crippen molar-refractivity contribution in [3.05, 3.63) is 217 Å². The number of hydrogen-bond acceptors (Lipinski definition) is 8. The lowest BCUT2D eigenvalue weighted by Crippen LogP contribution is -2.67. The zero-order valence-corrected chi connectivity index (χ0v) is 38.3. The van der Waals surface area contributed by atoms with Crippen molar-refractivity contribution < 1.29 is 33.3 Å². The number of hydrogen-bond donors (Lipinski definition) is 2. The Morgan fingerprint density at radius 3 is 1.36 bits per heavy atom. The van der Waals surface area contributed by atoms with Gasteiger partial charge in [-0.05, 0) is 37.7 Å². The molecule has 0 aliphatic rings. The second kappa shape index (κ2) is 24.5. The number of ether oxygens (including phenoxy) is 4. The fourth-order valence-corrected chi connectivity index (χ4v) is 12.7. The highest BCUT2D eigenvalue weighted by molar-refractivity contribution is 6.99. The van der Waals surface area contributed by atoms with Gasteiger partial charge in [0, 0.05) is 12.6 Å². The van der Waals surface area contributed by atoms with E-state index < -0.39 is 44.7 Å². The Balaban J connectivity index is 1.43. The van der Waals surface area contributed by atoms with Gasteiger partial charge in [-0.25, -0.2) is 0 Å². The summed E-state index contributed by atoms with van der Waals surface area (Å²) in [5.41, 5.74) is 3.65. The van der Waals surface area contributed by atoms with Gasteiger partial charge in [0.1, 0.15) is 31.0 Å². The van der Waals surface area contributed by atoms with Gasteiger partial charge in [0.25, 0.3) is 8.32 Å². The molecule has 6 aromatic carbocycles. The average Bonchev–Trinajstić information content (AvgIpc) is 3.33. The zero-order valence-electron chi connectivity index (χ0n) is 37.3. The van der Waals surface area contributed by atoms with E-state index in [2.05, 4.69) is 56.9 Å². The number of nitrogens with one attached hydrogen (secondary N) is 1. The van der Waals surface area contributed by atoms with Crippen LogP contribution in [0.5, 0.6) is 0 Å². The van der Waals surface area contributed by atoms with Gasteiger partial charge < -0.3 is 33.8 Å². The van der Waals surface area contributed by atoms with Crippen molar-refractivity contribution in [1.82, 2.24) is 5.32 Å². The molecule has 0 saturated carbocycles. The van der Waals surface area contributed by atoms with Gasteiger partial charge in [-0.3, -0.25) is 4.79 Å². The van der Waals surface area contributed by atoms with Crippen molar-refractivity contribution >= 4 is 24.7 Å². The van der Waals surface area contributed by atoms with E-state index in [4.69, 9.17) is 23.4 Å². The summed E-state index contributed by atoms with van der Waals surface area (Å²) in [5.74, 6) is -0.419. The minimum absolute atomic E-state index is 0.0641. The summed E-state index contributed by atoms with van der Waals surface area (Å²) in [4.78, 5) is 13.9. The lowest BCUT2D eigenvalue weighted by Gasteiger charge is -2.44. The van der Waals surface area contributed by atoms with E-state index in [9.17, 15) is 9.90 Å². The molecule has 9 heteroatoms. The number of carbonyl (C=O) groups excluding carboxylic acids is 1. The smallest absolute Gasteiger partial charge is 0.307 e. The Hall–Kier alpha value is -5.49. The molecule has 334 valence electrons. The monoisotopic (exact) mass is 877 g/mol. The summed E-state index contributed by atoms with van der Waals surface area (Å²) in [6.45, 7) is 11.6. The van der Waals surface area contributed by atoms with Crippen molar-refractivity contribution in [2.45, 2.75) is 89.1 Å². The van der Waals surface area contributed by atoms with Gasteiger partial charge in [0.05, 0.1) is 32.8 Å². The zero-order chi connectivity index (χ0) is 45.0. The lowest BCUT2D eigenvalue weighted by molar-refractivity contribution is -0.191. The topological polar surface area (TPSA) is 95.5 Å². The summed E-state index contributed by atoms with van der Waals surface area (Å²) in [6, 6.07) is 59.2. The standard InChI is InChI=1S/C55H63NO7Si/c1-5-36-56-49(37-51(58)59-38-43-24-12-6-13-25-43)52(60-39-44-26-14-7-15-27-44)54(62-41-46-30-18-9-19-31-46)53(61-40-45-28-16-8-17-29-45)50(57)42-63-64(55(2,3)4,47-32-20-10-21-33-47)48-34-22-11-23-35-48/h5-35,49-50,52-54,56-57H,1,36-42H2,2-4H3/t49-,50-,52+,53-,54-/m1/s1. The van der Waals surface area contributed by atoms with Gasteiger partial charge in [0.2, 0.25) is 0 Å². The first-order chi connectivity index (χ1) is 31.2. The fraction of sp³-hybridized carbons (Fsp3) is 0.291. The normalized spacial score (nSPS) is 14.2. The minimum Gasteiger partial charge on any atom is -0.461 e. The molecule has 8 nitrogen and oxygen atoms in total. The molecule has 0 bridgehead atoms. The van der Waals surface area contributed by atoms with Crippen LogP contribution in [-0.4, -0.2) is 63.0 Å². The number of esters is 1. The van der Waals surface area contributed by atoms with Crippen LogP contribution in [-0.2, 0) is 54.6 Å². The summed E-state index contributed by atoms with van der Waals surface area (Å²) < 4.78 is 34.1. The van der Waals surface area contributed by atoms with Crippen LogP contribution in [0.3, 0.4) is 0 Å². The third-order valence-corrected chi connectivity index (χ3v) is 16.3. The Morgan fingerprint density at radius 1 is 0.578 bits per heavy atom. The van der Waals surface area contributed by atoms with Gasteiger partial charge >= 0.3 is 5.97 Å². The van der Waals surface area contributed by atoms with Crippen LogP contribution in [0.4, 0.5) is 0 Å². The lowest BCUT2D eigenvalue weighted by atomic mass is 9.94. The maximum atomic E-state index is 13.9. The summed E-state index contributed by atoms with van der Waals surface area (Å²) in [7, 11) is -3.11. The molecule has 6 rings (SSSR count). The van der Waals surface area contributed by atoms with Crippen LogP contribution in [0.25, 0.3) is 0 Å². The Kier molecular flexibility index (Phi) is 18.4. The van der Waals surface area contributed by atoms with Crippen LogP contribution in [0.2, 0.25) is 5.04 Å². The fourth-order valence-electron chi connectivity index (χ4n) is 8.12. The molecule has 0 radical (unpaired) electrons. The molecule has 2 N–H and O–H groups in total. The van der Waals surface area contributed by atoms with Crippen molar-refractivity contribution in [1.29, 1.82) is 0 Å². The number of aliphatic hydroxyl groups excluding tert-OH is 1. The summed E-state index contributed by atoms with van der Waals surface area (Å²) >= 11 is 0. The first-order valence-electron chi connectivity index (χ1n) is 22.1. The van der Waals surface area contributed by atoms with Crippen LogP contribution in [0.1, 0.15) is 49.4 Å². The molecule has 6 aromatic rings. The summed E-state index contributed by atoms with van der Waals surface area (Å²) in [5, 5.41) is 18.2.